The number of nitrogens with one attached hydrogen (secondary N) is 1. The highest BCUT2D eigenvalue weighted by Gasteiger charge is 2.12. The molecule has 0 aliphatic rings. The van der Waals surface area contributed by atoms with Crippen LogP contribution in [0.2, 0.25) is 10.2 Å². The first kappa shape index (κ1) is 12.8. The van der Waals surface area contributed by atoms with E-state index in [1.54, 1.807) is 18.3 Å². The summed E-state index contributed by atoms with van der Waals surface area (Å²) in [5.41, 5.74) is 1.58. The van der Waals surface area contributed by atoms with Gasteiger partial charge in [0.05, 0.1) is 10.7 Å². The van der Waals surface area contributed by atoms with E-state index in [4.69, 9.17) is 23.2 Å². The van der Waals surface area contributed by atoms with Crippen molar-refractivity contribution in [3.05, 3.63) is 52.0 Å². The maximum atomic E-state index is 11.9. The highest BCUT2D eigenvalue weighted by molar-refractivity contribution is 6.33. The van der Waals surface area contributed by atoms with Gasteiger partial charge in [0.1, 0.15) is 5.69 Å². The van der Waals surface area contributed by atoms with Crippen LogP contribution in [-0.2, 0) is 0 Å². The summed E-state index contributed by atoms with van der Waals surface area (Å²) in [6.45, 7) is 1.83. The summed E-state index contributed by atoms with van der Waals surface area (Å²) in [4.78, 5) is 19.8. The molecule has 2 aromatic rings. The van der Waals surface area contributed by atoms with E-state index in [9.17, 15) is 4.79 Å². The number of anilines is 1. The molecule has 0 radical (unpaired) electrons. The summed E-state index contributed by atoms with van der Waals surface area (Å²) < 4.78 is 0. The van der Waals surface area contributed by atoms with Crippen molar-refractivity contribution < 1.29 is 4.79 Å². The molecular weight excluding hydrogens is 273 g/mol. The number of nitrogens with zero attached hydrogens (tertiary/aromatic N) is 2. The number of amides is 1. The standard InChI is InChI=1S/C12H9Cl2N3O/c1-7-4-5-15-11(14)10(7)17-12(18)9-3-2-8(13)6-16-9/h2-6H,1H3,(H,17,18). The average molecular weight is 282 g/mol. The van der Waals surface area contributed by atoms with Crippen molar-refractivity contribution >= 4 is 34.8 Å². The molecule has 0 saturated heterocycles. The average Bonchev–Trinajstić information content (AvgIpc) is 2.34. The molecule has 0 aliphatic heterocycles. The summed E-state index contributed by atoms with van der Waals surface area (Å²) >= 11 is 11.6. The van der Waals surface area contributed by atoms with E-state index in [1.807, 2.05) is 6.92 Å². The van der Waals surface area contributed by atoms with E-state index in [0.717, 1.165) is 5.56 Å². The van der Waals surface area contributed by atoms with Gasteiger partial charge in [-0.1, -0.05) is 23.2 Å². The SMILES string of the molecule is Cc1ccnc(Cl)c1NC(=O)c1ccc(Cl)cn1. The third-order valence-electron chi connectivity index (χ3n) is 2.31. The molecule has 2 rings (SSSR count). The van der Waals surface area contributed by atoms with Crippen LogP contribution in [0.1, 0.15) is 16.1 Å². The molecule has 0 aromatic carbocycles. The van der Waals surface area contributed by atoms with Gasteiger partial charge < -0.3 is 5.32 Å². The van der Waals surface area contributed by atoms with Crippen LogP contribution in [0, 0.1) is 6.92 Å². The molecule has 0 saturated carbocycles. The predicted octanol–water partition coefficient (Wildman–Crippen LogP) is 3.34. The van der Waals surface area contributed by atoms with Gasteiger partial charge in [0, 0.05) is 12.4 Å². The van der Waals surface area contributed by atoms with E-state index >= 15 is 0 Å². The quantitative estimate of drug-likeness (QED) is 0.859. The van der Waals surface area contributed by atoms with E-state index in [1.165, 1.54) is 12.3 Å². The number of halogens is 2. The lowest BCUT2D eigenvalue weighted by atomic mass is 10.2. The molecule has 0 fully saturated rings. The summed E-state index contributed by atoms with van der Waals surface area (Å²) in [7, 11) is 0. The van der Waals surface area contributed by atoms with Crippen LogP contribution in [0.25, 0.3) is 0 Å². The van der Waals surface area contributed by atoms with Gasteiger partial charge in [-0.15, -0.1) is 0 Å². The molecule has 0 atom stereocenters. The fourth-order valence-electron chi connectivity index (χ4n) is 1.36. The first-order chi connectivity index (χ1) is 8.58. The van der Waals surface area contributed by atoms with Crippen molar-refractivity contribution in [3.63, 3.8) is 0 Å². The maximum absolute atomic E-state index is 11.9. The Morgan fingerprint density at radius 3 is 2.61 bits per heavy atom. The van der Waals surface area contributed by atoms with Crippen LogP contribution in [0.3, 0.4) is 0 Å². The number of hydrogen-bond donors (Lipinski definition) is 1. The molecule has 0 aliphatic carbocycles. The smallest absolute Gasteiger partial charge is 0.274 e. The van der Waals surface area contributed by atoms with Crippen molar-refractivity contribution in [3.8, 4) is 0 Å². The summed E-state index contributed by atoms with van der Waals surface area (Å²) in [5, 5.41) is 3.40. The number of aromatic nitrogens is 2. The van der Waals surface area contributed by atoms with Gasteiger partial charge in [-0.2, -0.15) is 0 Å². The maximum Gasteiger partial charge on any atom is 0.274 e. The lowest BCUT2D eigenvalue weighted by Gasteiger charge is -2.08. The van der Waals surface area contributed by atoms with Crippen LogP contribution >= 0.6 is 23.2 Å². The Morgan fingerprint density at radius 2 is 2.00 bits per heavy atom. The second kappa shape index (κ2) is 5.33. The first-order valence-corrected chi connectivity index (χ1v) is 5.87. The molecule has 1 N–H and O–H groups in total. The Morgan fingerprint density at radius 1 is 1.22 bits per heavy atom. The van der Waals surface area contributed by atoms with Gasteiger partial charge in [-0.25, -0.2) is 9.97 Å². The van der Waals surface area contributed by atoms with Crippen molar-refractivity contribution in [2.24, 2.45) is 0 Å². The molecule has 92 valence electrons. The molecule has 18 heavy (non-hydrogen) atoms. The van der Waals surface area contributed by atoms with Gasteiger partial charge in [0.25, 0.3) is 5.91 Å². The minimum Gasteiger partial charge on any atom is -0.318 e. The van der Waals surface area contributed by atoms with Crippen LogP contribution < -0.4 is 5.32 Å². The monoisotopic (exact) mass is 281 g/mol. The molecule has 0 bridgehead atoms. The number of carbonyl (C=O) groups is 1. The minimum atomic E-state index is -0.357. The Kier molecular flexibility index (Phi) is 3.79. The minimum absolute atomic E-state index is 0.248. The summed E-state index contributed by atoms with van der Waals surface area (Å²) in [5.74, 6) is -0.357. The number of carbonyl (C=O) groups excluding carboxylic acids is 1. The number of hydrogen-bond acceptors (Lipinski definition) is 3. The topological polar surface area (TPSA) is 54.9 Å². The lowest BCUT2D eigenvalue weighted by molar-refractivity contribution is 0.102. The van der Waals surface area contributed by atoms with Crippen molar-refractivity contribution in [1.82, 2.24) is 9.97 Å². The van der Waals surface area contributed by atoms with Gasteiger partial charge >= 0.3 is 0 Å². The normalized spacial score (nSPS) is 10.2. The largest absolute Gasteiger partial charge is 0.318 e. The summed E-state index contributed by atoms with van der Waals surface area (Å²) in [6.07, 6.45) is 2.99. The van der Waals surface area contributed by atoms with Gasteiger partial charge in [-0.3, -0.25) is 4.79 Å². The van der Waals surface area contributed by atoms with Crippen molar-refractivity contribution in [2.75, 3.05) is 5.32 Å². The van der Waals surface area contributed by atoms with Gasteiger partial charge in [-0.05, 0) is 30.7 Å². The molecule has 4 nitrogen and oxygen atoms in total. The molecule has 1 amide bonds. The second-order valence-electron chi connectivity index (χ2n) is 3.61. The van der Waals surface area contributed by atoms with Gasteiger partial charge in [0.15, 0.2) is 5.15 Å². The van der Waals surface area contributed by atoms with E-state index < -0.39 is 0 Å². The first-order valence-electron chi connectivity index (χ1n) is 5.12. The zero-order valence-corrected chi connectivity index (χ0v) is 11.0. The molecule has 0 spiro atoms. The Bertz CT molecular complexity index is 564. The highest BCUT2D eigenvalue weighted by atomic mass is 35.5. The fourth-order valence-corrected chi connectivity index (χ4v) is 1.73. The van der Waals surface area contributed by atoms with Crippen LogP contribution in [0.15, 0.2) is 30.6 Å². The molecular formula is C12H9Cl2N3O. The lowest BCUT2D eigenvalue weighted by Crippen LogP contribution is -2.14. The van der Waals surface area contributed by atoms with Crippen LogP contribution in [0.4, 0.5) is 5.69 Å². The Hall–Kier alpha value is -1.65. The van der Waals surface area contributed by atoms with E-state index in [0.29, 0.717) is 10.7 Å². The zero-order valence-electron chi connectivity index (χ0n) is 9.45. The van der Waals surface area contributed by atoms with E-state index in [2.05, 4.69) is 15.3 Å². The highest BCUT2D eigenvalue weighted by Crippen LogP contribution is 2.23. The van der Waals surface area contributed by atoms with Crippen molar-refractivity contribution in [1.29, 1.82) is 0 Å². The molecule has 0 unspecified atom stereocenters. The number of rotatable bonds is 2. The second-order valence-corrected chi connectivity index (χ2v) is 4.40. The Labute approximate surface area is 114 Å². The third kappa shape index (κ3) is 2.78. The van der Waals surface area contributed by atoms with E-state index in [-0.39, 0.29) is 16.8 Å². The third-order valence-corrected chi connectivity index (χ3v) is 2.82. The Balaban J connectivity index is 2.24. The van der Waals surface area contributed by atoms with Crippen LogP contribution in [-0.4, -0.2) is 15.9 Å². The van der Waals surface area contributed by atoms with Gasteiger partial charge in [0.2, 0.25) is 0 Å². The molecule has 2 aromatic heterocycles. The number of pyridine rings is 2. The zero-order chi connectivity index (χ0) is 13.1. The predicted molar refractivity (Wildman–Crippen MR) is 71.2 cm³/mol. The molecule has 2 heterocycles. The summed E-state index contributed by atoms with van der Waals surface area (Å²) in [6, 6.07) is 4.90. The fraction of sp³-hybridized carbons (Fsp3) is 0.0833. The van der Waals surface area contributed by atoms with Crippen molar-refractivity contribution in [2.45, 2.75) is 6.92 Å². The number of aryl methyl sites for hydroxylation is 1. The molecule has 6 heteroatoms. The van der Waals surface area contributed by atoms with Crippen LogP contribution in [0.5, 0.6) is 0 Å².